The number of likely N-dealkylation sites (tertiary alicyclic amines) is 1. The smallest absolute Gasteiger partial charge is 0.246 e. The molecule has 2 saturated heterocycles. The molecule has 9 nitrogen and oxygen atoms in total. The van der Waals surface area contributed by atoms with E-state index >= 15 is 0 Å². The zero-order valence-electron chi connectivity index (χ0n) is 19.5. The van der Waals surface area contributed by atoms with Gasteiger partial charge in [0.05, 0.1) is 12.1 Å². The second-order valence-corrected chi connectivity index (χ2v) is 9.16. The van der Waals surface area contributed by atoms with Crippen molar-refractivity contribution < 1.29 is 4.74 Å². The Hall–Kier alpha value is -2.43. The molecular weight excluding hydrogens is 436 g/mol. The summed E-state index contributed by atoms with van der Waals surface area (Å²) in [5.41, 5.74) is 9.01. The van der Waals surface area contributed by atoms with Gasteiger partial charge in [0.15, 0.2) is 0 Å². The number of nitrogens with one attached hydrogen (secondary N) is 1. The summed E-state index contributed by atoms with van der Waals surface area (Å²) in [4.78, 5) is 11.5. The summed E-state index contributed by atoms with van der Waals surface area (Å²) in [6, 6.07) is 8.40. The Bertz CT molecular complexity index is 892. The summed E-state index contributed by atoms with van der Waals surface area (Å²) < 4.78 is 7.80. The molecule has 2 aliphatic rings. The maximum absolute atomic E-state index is 6.22. The minimum absolute atomic E-state index is 0.215. The molecule has 0 radical (unpaired) electrons. The van der Waals surface area contributed by atoms with Gasteiger partial charge in [0.2, 0.25) is 11.9 Å². The number of ether oxygens (including phenoxy) is 1. The lowest BCUT2D eigenvalue weighted by atomic mass is 10.1. The molecule has 33 heavy (non-hydrogen) atoms. The number of benzene rings is 1. The van der Waals surface area contributed by atoms with Gasteiger partial charge < -0.3 is 25.6 Å². The van der Waals surface area contributed by atoms with Crippen LogP contribution in [0.15, 0.2) is 24.3 Å². The second-order valence-electron chi connectivity index (χ2n) is 8.93. The third kappa shape index (κ3) is 6.55. The molecular formula is C23H36N8OS. The van der Waals surface area contributed by atoms with Crippen LogP contribution in [0.3, 0.4) is 0 Å². The molecule has 180 valence electrons. The van der Waals surface area contributed by atoms with E-state index < -0.39 is 0 Å². The number of aromatic nitrogens is 3. The van der Waals surface area contributed by atoms with Crippen LogP contribution in [0.2, 0.25) is 0 Å². The van der Waals surface area contributed by atoms with Gasteiger partial charge in [-0.15, -0.1) is 5.10 Å². The van der Waals surface area contributed by atoms with E-state index in [9.17, 15) is 0 Å². The molecule has 2 fully saturated rings. The zero-order valence-corrected chi connectivity index (χ0v) is 20.3. The minimum Gasteiger partial charge on any atom is -0.493 e. The number of nitrogen functional groups attached to an aromatic ring is 1. The molecule has 2 aromatic rings. The van der Waals surface area contributed by atoms with Gasteiger partial charge in [-0.05, 0) is 50.7 Å². The van der Waals surface area contributed by atoms with E-state index in [1.165, 1.54) is 43.4 Å². The molecule has 1 atom stereocenters. The number of piperidine rings is 1. The Morgan fingerprint density at radius 1 is 1.15 bits per heavy atom. The molecule has 1 aromatic carbocycles. The van der Waals surface area contributed by atoms with E-state index in [1.807, 2.05) is 6.07 Å². The van der Waals surface area contributed by atoms with Gasteiger partial charge in [-0.1, -0.05) is 30.8 Å². The van der Waals surface area contributed by atoms with Crippen LogP contribution in [-0.4, -0.2) is 83.0 Å². The number of anilines is 2. The van der Waals surface area contributed by atoms with Crippen LogP contribution in [0.25, 0.3) is 0 Å². The minimum atomic E-state index is -0.215. The summed E-state index contributed by atoms with van der Waals surface area (Å²) >= 11 is 5.06. The molecule has 0 aliphatic carbocycles. The average molecular weight is 473 g/mol. The molecule has 2 aliphatic heterocycles. The first-order valence-electron chi connectivity index (χ1n) is 11.9. The van der Waals surface area contributed by atoms with E-state index in [4.69, 9.17) is 22.7 Å². The van der Waals surface area contributed by atoms with Crippen LogP contribution in [0.5, 0.6) is 5.75 Å². The maximum atomic E-state index is 6.22. The van der Waals surface area contributed by atoms with Crippen molar-refractivity contribution in [1.29, 1.82) is 0 Å². The number of likely N-dealkylation sites (N-methyl/N-ethyl adjacent to an activating group) is 1. The summed E-state index contributed by atoms with van der Waals surface area (Å²) in [6.45, 7) is 7.62. The van der Waals surface area contributed by atoms with Crippen molar-refractivity contribution in [3.05, 3.63) is 29.8 Å². The molecule has 4 rings (SSSR count). The van der Waals surface area contributed by atoms with Crippen LogP contribution >= 0.6 is 12.2 Å². The van der Waals surface area contributed by atoms with Gasteiger partial charge in [0.1, 0.15) is 11.9 Å². The Labute approximate surface area is 201 Å². The van der Waals surface area contributed by atoms with Crippen LogP contribution < -0.4 is 20.7 Å². The quantitative estimate of drug-likeness (QED) is 0.505. The Balaban J connectivity index is 1.33. The monoisotopic (exact) mass is 472 g/mol. The number of hydrogen-bond acceptors (Lipinski definition) is 8. The number of nitrogens with zero attached hydrogens (tertiary/aromatic N) is 6. The highest BCUT2D eigenvalue weighted by atomic mass is 32.1. The standard InChI is InChI=1S/C23H36N8OS/c1-28-11-13-30(14-12-28)23-26-22(24)31(27-23)21(25-18-33)8-15-32-20-7-5-6-19(16-20)17-29-9-3-2-4-10-29/h5-7,16,18,21H,2-4,8-15,17H2,1H3,(H,25,33)(H2,24,26,27). The SMILES string of the molecule is CN1CCN(c2nc(N)n(C(CCOc3cccc(CN4CCCCC4)c3)NC=S)n2)CC1. The number of thiocarbonyl (C=S) groups is 1. The van der Waals surface area contributed by atoms with Crippen molar-refractivity contribution in [2.75, 3.05) is 63.6 Å². The van der Waals surface area contributed by atoms with Gasteiger partial charge >= 0.3 is 0 Å². The van der Waals surface area contributed by atoms with E-state index in [-0.39, 0.29) is 6.17 Å². The fourth-order valence-corrected chi connectivity index (χ4v) is 4.60. The predicted octanol–water partition coefficient (Wildman–Crippen LogP) is 2.11. The van der Waals surface area contributed by atoms with E-state index in [0.717, 1.165) is 38.5 Å². The van der Waals surface area contributed by atoms with Crippen molar-refractivity contribution in [2.45, 2.75) is 38.4 Å². The fourth-order valence-electron chi connectivity index (χ4n) is 4.45. The summed E-state index contributed by atoms with van der Waals surface area (Å²) in [5.74, 6) is 1.93. The highest BCUT2D eigenvalue weighted by molar-refractivity contribution is 7.78. The number of nitrogens with two attached hydrogens (primary N) is 1. The first-order valence-corrected chi connectivity index (χ1v) is 12.4. The third-order valence-electron chi connectivity index (χ3n) is 6.40. The van der Waals surface area contributed by atoms with E-state index in [0.29, 0.717) is 24.9 Å². The van der Waals surface area contributed by atoms with Crippen molar-refractivity contribution in [3.63, 3.8) is 0 Å². The third-order valence-corrected chi connectivity index (χ3v) is 6.54. The topological polar surface area (TPSA) is 87.7 Å². The van der Waals surface area contributed by atoms with E-state index in [2.05, 4.69) is 55.3 Å². The summed E-state index contributed by atoms with van der Waals surface area (Å²) in [5, 5.41) is 7.85. The van der Waals surface area contributed by atoms with E-state index in [1.54, 1.807) is 4.68 Å². The molecule has 0 bridgehead atoms. The molecule has 3 heterocycles. The second kappa shape index (κ2) is 11.6. The Morgan fingerprint density at radius 3 is 2.70 bits per heavy atom. The zero-order chi connectivity index (χ0) is 23.0. The van der Waals surface area contributed by atoms with Crippen molar-refractivity contribution in [3.8, 4) is 5.75 Å². The summed E-state index contributed by atoms with van der Waals surface area (Å²) in [7, 11) is 2.13. The van der Waals surface area contributed by atoms with Crippen LogP contribution in [0.1, 0.15) is 37.4 Å². The number of piperazine rings is 1. The van der Waals surface area contributed by atoms with Crippen LogP contribution in [0, 0.1) is 0 Å². The van der Waals surface area contributed by atoms with Crippen LogP contribution in [0.4, 0.5) is 11.9 Å². The highest BCUT2D eigenvalue weighted by Crippen LogP contribution is 2.20. The van der Waals surface area contributed by atoms with Crippen LogP contribution in [-0.2, 0) is 6.54 Å². The first kappa shape index (κ1) is 23.7. The number of hydrogen-bond donors (Lipinski definition) is 2. The lowest BCUT2D eigenvalue weighted by Crippen LogP contribution is -2.45. The average Bonchev–Trinajstić information content (AvgIpc) is 3.21. The normalized spacial score (nSPS) is 18.8. The van der Waals surface area contributed by atoms with Gasteiger partial charge in [-0.2, -0.15) is 4.98 Å². The fraction of sp³-hybridized carbons (Fsp3) is 0.609. The molecule has 1 unspecified atom stereocenters. The molecule has 10 heteroatoms. The summed E-state index contributed by atoms with van der Waals surface area (Å²) in [6.07, 6.45) is 4.38. The van der Waals surface area contributed by atoms with Crippen molar-refractivity contribution in [1.82, 2.24) is 29.9 Å². The Morgan fingerprint density at radius 2 is 1.94 bits per heavy atom. The molecule has 0 spiro atoms. The largest absolute Gasteiger partial charge is 0.493 e. The van der Waals surface area contributed by atoms with Crippen molar-refractivity contribution >= 4 is 29.6 Å². The molecule has 3 N–H and O–H groups in total. The lowest BCUT2D eigenvalue weighted by molar-refractivity contribution is 0.220. The number of rotatable bonds is 10. The maximum Gasteiger partial charge on any atom is 0.246 e. The highest BCUT2D eigenvalue weighted by Gasteiger charge is 2.22. The van der Waals surface area contributed by atoms with Crippen molar-refractivity contribution in [2.24, 2.45) is 0 Å². The molecule has 1 aromatic heterocycles. The van der Waals surface area contributed by atoms with Gasteiger partial charge in [-0.25, -0.2) is 4.68 Å². The molecule has 0 amide bonds. The predicted molar refractivity (Wildman–Crippen MR) is 136 cm³/mol. The first-order chi connectivity index (χ1) is 16.1. The van der Waals surface area contributed by atoms with Gasteiger partial charge in [0, 0.05) is 39.1 Å². The lowest BCUT2D eigenvalue weighted by Gasteiger charge is -2.31. The van der Waals surface area contributed by atoms with Gasteiger partial charge in [0.25, 0.3) is 0 Å². The molecule has 0 saturated carbocycles. The van der Waals surface area contributed by atoms with Gasteiger partial charge in [-0.3, -0.25) is 4.90 Å². The Kier molecular flexibility index (Phi) is 8.35.